The lowest BCUT2D eigenvalue weighted by Crippen LogP contribution is -2.25. The Morgan fingerprint density at radius 2 is 1.87 bits per heavy atom. The fraction of sp³-hybridized carbons (Fsp3) is 0.600. The van der Waals surface area contributed by atoms with E-state index in [0.717, 1.165) is 0 Å². The van der Waals surface area contributed by atoms with E-state index >= 15 is 0 Å². The third-order valence-corrected chi connectivity index (χ3v) is 1.95. The average Bonchev–Trinajstić information content (AvgIpc) is 2.01. The molecule has 0 rings (SSSR count). The molecule has 0 aromatic heterocycles. The first kappa shape index (κ1) is 14.2. The average molecular weight is 279 g/mol. The predicted molar refractivity (Wildman–Crippen MR) is 59.7 cm³/mol. The molecule has 0 spiro atoms. The van der Waals surface area contributed by atoms with Crippen LogP contribution in [0.25, 0.3) is 0 Å². The van der Waals surface area contributed by atoms with E-state index in [9.17, 15) is 9.59 Å². The van der Waals surface area contributed by atoms with Crippen molar-refractivity contribution in [1.29, 1.82) is 0 Å². The molecule has 0 aromatic rings. The van der Waals surface area contributed by atoms with E-state index < -0.39 is 17.5 Å². The lowest BCUT2D eigenvalue weighted by molar-refractivity contribution is -0.150. The van der Waals surface area contributed by atoms with Gasteiger partial charge in [-0.05, 0) is 32.2 Å². The van der Waals surface area contributed by atoms with Gasteiger partial charge in [0.2, 0.25) is 0 Å². The van der Waals surface area contributed by atoms with Gasteiger partial charge in [-0.25, -0.2) is 4.79 Å². The summed E-state index contributed by atoms with van der Waals surface area (Å²) in [4.78, 5) is 23.2. The maximum atomic E-state index is 11.5. The minimum Gasteiger partial charge on any atom is -0.481 e. The summed E-state index contributed by atoms with van der Waals surface area (Å²) < 4.78 is 5.09. The standard InChI is InChI=1S/C10H15BrO4/c1-10(2,3)15-9(14)7(6-11)4-5-8(12)13/h6H,4-5H2,1-3H3,(H,12,13). The fourth-order valence-electron chi connectivity index (χ4n) is 0.786. The molecule has 0 aliphatic rings. The summed E-state index contributed by atoms with van der Waals surface area (Å²) in [7, 11) is 0. The van der Waals surface area contributed by atoms with Gasteiger partial charge in [0, 0.05) is 12.0 Å². The molecule has 4 nitrogen and oxygen atoms in total. The van der Waals surface area contributed by atoms with Crippen LogP contribution in [-0.4, -0.2) is 22.6 Å². The Balaban J connectivity index is 4.31. The summed E-state index contributed by atoms with van der Waals surface area (Å²) >= 11 is 3.02. The number of rotatable bonds is 4. The van der Waals surface area contributed by atoms with Gasteiger partial charge in [-0.3, -0.25) is 4.79 Å². The molecule has 86 valence electrons. The quantitative estimate of drug-likeness (QED) is 0.634. The Bertz CT molecular complexity index is 276. The van der Waals surface area contributed by atoms with Crippen molar-refractivity contribution >= 4 is 27.9 Å². The van der Waals surface area contributed by atoms with Crippen LogP contribution in [0.2, 0.25) is 0 Å². The SMILES string of the molecule is CC(C)(C)OC(=O)C(=CBr)CCC(=O)O. The van der Waals surface area contributed by atoms with E-state index in [1.807, 2.05) is 0 Å². The molecule has 0 unspecified atom stereocenters. The highest BCUT2D eigenvalue weighted by Gasteiger charge is 2.19. The van der Waals surface area contributed by atoms with Crippen LogP contribution in [0.15, 0.2) is 10.6 Å². The summed E-state index contributed by atoms with van der Waals surface area (Å²) in [5.41, 5.74) is -0.242. The van der Waals surface area contributed by atoms with Crippen LogP contribution in [0.5, 0.6) is 0 Å². The van der Waals surface area contributed by atoms with Gasteiger partial charge in [0.1, 0.15) is 5.60 Å². The first-order valence-corrected chi connectivity index (χ1v) is 5.42. The van der Waals surface area contributed by atoms with Gasteiger partial charge >= 0.3 is 11.9 Å². The van der Waals surface area contributed by atoms with Crippen molar-refractivity contribution in [3.63, 3.8) is 0 Å². The molecule has 0 fully saturated rings. The number of carboxylic acids is 1. The largest absolute Gasteiger partial charge is 0.481 e. The lowest BCUT2D eigenvalue weighted by atomic mass is 10.1. The van der Waals surface area contributed by atoms with E-state index in [4.69, 9.17) is 9.84 Å². The Morgan fingerprint density at radius 3 is 2.20 bits per heavy atom. The molecule has 0 saturated heterocycles. The highest BCUT2D eigenvalue weighted by Crippen LogP contribution is 2.15. The van der Waals surface area contributed by atoms with Crippen molar-refractivity contribution in [1.82, 2.24) is 0 Å². The number of esters is 1. The topological polar surface area (TPSA) is 63.6 Å². The van der Waals surface area contributed by atoms with Gasteiger partial charge in [0.25, 0.3) is 0 Å². The van der Waals surface area contributed by atoms with Gasteiger partial charge in [0.15, 0.2) is 0 Å². The molecule has 0 atom stereocenters. The number of carbonyl (C=O) groups is 2. The van der Waals surface area contributed by atoms with Gasteiger partial charge in [-0.1, -0.05) is 15.9 Å². The monoisotopic (exact) mass is 278 g/mol. The number of aliphatic carboxylic acids is 1. The highest BCUT2D eigenvalue weighted by atomic mass is 79.9. The second-order valence-corrected chi connectivity index (χ2v) is 4.49. The van der Waals surface area contributed by atoms with Gasteiger partial charge in [-0.2, -0.15) is 0 Å². The molecule has 0 amide bonds. The molecular formula is C10H15BrO4. The lowest BCUT2D eigenvalue weighted by Gasteiger charge is -2.20. The van der Waals surface area contributed by atoms with Gasteiger partial charge < -0.3 is 9.84 Å². The Labute approximate surface area is 97.4 Å². The van der Waals surface area contributed by atoms with Crippen LogP contribution < -0.4 is 0 Å². The normalized spacial score (nSPS) is 12.4. The maximum Gasteiger partial charge on any atom is 0.335 e. The van der Waals surface area contributed by atoms with E-state index in [2.05, 4.69) is 15.9 Å². The fourth-order valence-corrected chi connectivity index (χ4v) is 1.20. The highest BCUT2D eigenvalue weighted by molar-refractivity contribution is 9.11. The maximum absolute atomic E-state index is 11.5. The molecule has 0 bridgehead atoms. The molecule has 0 radical (unpaired) electrons. The Hall–Kier alpha value is -0.840. The summed E-state index contributed by atoms with van der Waals surface area (Å²) in [6.07, 6.45) is 0.0756. The zero-order valence-electron chi connectivity index (χ0n) is 9.04. The summed E-state index contributed by atoms with van der Waals surface area (Å²) in [6.45, 7) is 5.27. The van der Waals surface area contributed by atoms with Crippen molar-refractivity contribution < 1.29 is 19.4 Å². The van der Waals surface area contributed by atoms with Crippen LogP contribution in [0.4, 0.5) is 0 Å². The van der Waals surface area contributed by atoms with Crippen LogP contribution in [0, 0.1) is 0 Å². The van der Waals surface area contributed by atoms with Crippen molar-refractivity contribution in [3.8, 4) is 0 Å². The number of hydrogen-bond acceptors (Lipinski definition) is 3. The zero-order valence-corrected chi connectivity index (χ0v) is 10.6. The molecule has 1 N–H and O–H groups in total. The third-order valence-electron chi connectivity index (χ3n) is 1.40. The predicted octanol–water partition coefficient (Wildman–Crippen LogP) is 2.47. The second-order valence-electron chi connectivity index (χ2n) is 4.03. The number of ether oxygens (including phenoxy) is 1. The molecule has 15 heavy (non-hydrogen) atoms. The molecule has 5 heteroatoms. The first-order chi connectivity index (χ1) is 6.76. The molecule has 0 saturated carbocycles. The molecule has 0 heterocycles. The van der Waals surface area contributed by atoms with E-state index in [0.29, 0.717) is 5.57 Å². The Morgan fingerprint density at radius 1 is 1.33 bits per heavy atom. The first-order valence-electron chi connectivity index (χ1n) is 4.50. The van der Waals surface area contributed by atoms with Gasteiger partial charge in [-0.15, -0.1) is 0 Å². The van der Waals surface area contributed by atoms with Crippen molar-refractivity contribution in [2.45, 2.75) is 39.2 Å². The number of hydrogen-bond donors (Lipinski definition) is 1. The summed E-state index contributed by atoms with van der Waals surface area (Å²) in [6, 6.07) is 0. The molecule has 0 aliphatic heterocycles. The molecular weight excluding hydrogens is 264 g/mol. The van der Waals surface area contributed by atoms with Crippen LogP contribution in [0.1, 0.15) is 33.6 Å². The molecule has 0 aromatic carbocycles. The van der Waals surface area contributed by atoms with Crippen molar-refractivity contribution in [2.75, 3.05) is 0 Å². The van der Waals surface area contributed by atoms with E-state index in [1.165, 1.54) is 4.99 Å². The molecule has 0 aliphatic carbocycles. The minimum atomic E-state index is -0.939. The van der Waals surface area contributed by atoms with Crippen molar-refractivity contribution in [3.05, 3.63) is 10.6 Å². The van der Waals surface area contributed by atoms with Crippen LogP contribution in [-0.2, 0) is 14.3 Å². The number of carboxylic acid groups (broad SMARTS) is 1. The van der Waals surface area contributed by atoms with Gasteiger partial charge in [0.05, 0.1) is 0 Å². The van der Waals surface area contributed by atoms with Crippen LogP contribution >= 0.6 is 15.9 Å². The smallest absolute Gasteiger partial charge is 0.335 e. The summed E-state index contributed by atoms with van der Waals surface area (Å²) in [5.74, 6) is -1.42. The third kappa shape index (κ3) is 7.13. The second kappa shape index (κ2) is 5.90. The summed E-state index contributed by atoms with van der Waals surface area (Å²) in [5, 5.41) is 8.48. The van der Waals surface area contributed by atoms with Crippen molar-refractivity contribution in [2.24, 2.45) is 0 Å². The zero-order chi connectivity index (χ0) is 12.1. The van der Waals surface area contributed by atoms with E-state index in [-0.39, 0.29) is 12.8 Å². The number of carbonyl (C=O) groups excluding carboxylic acids is 1. The number of halogens is 1. The minimum absolute atomic E-state index is 0.0866. The van der Waals surface area contributed by atoms with Crippen LogP contribution in [0.3, 0.4) is 0 Å². The van der Waals surface area contributed by atoms with E-state index in [1.54, 1.807) is 20.8 Å². The Kier molecular flexibility index (Phi) is 5.57.